The van der Waals surface area contributed by atoms with Crippen LogP contribution in [0.15, 0.2) is 53.6 Å². The number of halogens is 1. The second-order valence-corrected chi connectivity index (χ2v) is 4.54. The van der Waals surface area contributed by atoms with Crippen molar-refractivity contribution >= 4 is 23.2 Å². The van der Waals surface area contributed by atoms with E-state index in [2.05, 4.69) is 10.5 Å². The van der Waals surface area contributed by atoms with Crippen LogP contribution in [0, 0.1) is 6.92 Å². The SMILES string of the molecule is COC(=NNc1ccc(C)cc1)c1ccc(Cl)cc1. The first-order valence-electron chi connectivity index (χ1n) is 5.89. The predicted molar refractivity (Wildman–Crippen MR) is 79.8 cm³/mol. The predicted octanol–water partition coefficient (Wildman–Crippen LogP) is 4.07. The Bertz CT molecular complexity index is 562. The molecule has 2 rings (SSSR count). The normalized spacial score (nSPS) is 11.2. The molecule has 0 bridgehead atoms. The van der Waals surface area contributed by atoms with Crippen molar-refractivity contribution in [2.75, 3.05) is 12.5 Å². The summed E-state index contributed by atoms with van der Waals surface area (Å²) in [7, 11) is 1.59. The Morgan fingerprint density at radius 1 is 1.05 bits per heavy atom. The standard InChI is InChI=1S/C15H15ClN2O/c1-11-3-9-14(10-4-11)17-18-15(19-2)12-5-7-13(16)8-6-12/h3-10,17H,1-2H3. The van der Waals surface area contributed by atoms with E-state index in [-0.39, 0.29) is 0 Å². The van der Waals surface area contributed by atoms with Gasteiger partial charge in [-0.1, -0.05) is 29.3 Å². The van der Waals surface area contributed by atoms with Gasteiger partial charge in [0.05, 0.1) is 12.8 Å². The Balaban J connectivity index is 2.15. The zero-order valence-electron chi connectivity index (χ0n) is 10.9. The van der Waals surface area contributed by atoms with Gasteiger partial charge in [0.15, 0.2) is 0 Å². The number of methoxy groups -OCH3 is 1. The van der Waals surface area contributed by atoms with Crippen LogP contribution in [0.25, 0.3) is 0 Å². The average molecular weight is 275 g/mol. The molecule has 98 valence electrons. The van der Waals surface area contributed by atoms with E-state index in [1.807, 2.05) is 43.3 Å². The summed E-state index contributed by atoms with van der Waals surface area (Å²) in [5.41, 5.74) is 5.95. The first kappa shape index (κ1) is 13.4. The van der Waals surface area contributed by atoms with E-state index in [0.717, 1.165) is 11.3 Å². The second-order valence-electron chi connectivity index (χ2n) is 4.11. The topological polar surface area (TPSA) is 33.6 Å². The van der Waals surface area contributed by atoms with E-state index in [9.17, 15) is 0 Å². The van der Waals surface area contributed by atoms with Crippen LogP contribution in [0.1, 0.15) is 11.1 Å². The maximum atomic E-state index is 5.85. The second kappa shape index (κ2) is 6.25. The lowest BCUT2D eigenvalue weighted by atomic mass is 10.2. The largest absolute Gasteiger partial charge is 0.480 e. The number of hydrazone groups is 1. The van der Waals surface area contributed by atoms with Crippen LogP contribution in [0.3, 0.4) is 0 Å². The molecule has 2 aromatic rings. The number of hydrogen-bond donors (Lipinski definition) is 1. The lowest BCUT2D eigenvalue weighted by Crippen LogP contribution is -2.06. The Morgan fingerprint density at radius 2 is 1.68 bits per heavy atom. The minimum absolute atomic E-state index is 0.511. The van der Waals surface area contributed by atoms with E-state index in [1.165, 1.54) is 5.56 Å². The van der Waals surface area contributed by atoms with Crippen LogP contribution in [0.2, 0.25) is 5.02 Å². The number of hydrogen-bond acceptors (Lipinski definition) is 3. The summed E-state index contributed by atoms with van der Waals surface area (Å²) in [6.45, 7) is 2.04. The molecule has 0 atom stereocenters. The van der Waals surface area contributed by atoms with Crippen molar-refractivity contribution in [3.05, 3.63) is 64.7 Å². The van der Waals surface area contributed by atoms with Gasteiger partial charge < -0.3 is 4.74 Å². The van der Waals surface area contributed by atoms with Crippen molar-refractivity contribution < 1.29 is 4.74 Å². The lowest BCUT2D eigenvalue weighted by Gasteiger charge is -2.06. The van der Waals surface area contributed by atoms with Crippen molar-refractivity contribution in [2.24, 2.45) is 5.10 Å². The molecule has 0 aliphatic heterocycles. The van der Waals surface area contributed by atoms with E-state index < -0.39 is 0 Å². The lowest BCUT2D eigenvalue weighted by molar-refractivity contribution is 0.404. The molecule has 19 heavy (non-hydrogen) atoms. The van der Waals surface area contributed by atoms with Gasteiger partial charge in [0.25, 0.3) is 0 Å². The molecule has 0 radical (unpaired) electrons. The fourth-order valence-corrected chi connectivity index (χ4v) is 1.69. The maximum Gasteiger partial charge on any atom is 0.238 e. The average Bonchev–Trinajstić information content (AvgIpc) is 2.43. The van der Waals surface area contributed by atoms with Gasteiger partial charge in [0.2, 0.25) is 5.90 Å². The van der Waals surface area contributed by atoms with Gasteiger partial charge in [-0.3, -0.25) is 5.43 Å². The smallest absolute Gasteiger partial charge is 0.238 e. The number of anilines is 1. The highest BCUT2D eigenvalue weighted by atomic mass is 35.5. The molecule has 0 aliphatic carbocycles. The Morgan fingerprint density at radius 3 is 2.26 bits per heavy atom. The number of nitrogens with one attached hydrogen (secondary N) is 1. The molecule has 0 spiro atoms. The van der Waals surface area contributed by atoms with Crippen LogP contribution in [-0.2, 0) is 4.74 Å². The van der Waals surface area contributed by atoms with Crippen LogP contribution in [0.5, 0.6) is 0 Å². The molecule has 4 heteroatoms. The summed E-state index contributed by atoms with van der Waals surface area (Å²) in [6, 6.07) is 15.3. The zero-order chi connectivity index (χ0) is 13.7. The Hall–Kier alpha value is -2.00. The molecule has 2 aromatic carbocycles. The molecule has 0 fully saturated rings. The fourth-order valence-electron chi connectivity index (χ4n) is 1.56. The molecule has 0 unspecified atom stereocenters. The molecule has 0 amide bonds. The highest BCUT2D eigenvalue weighted by Gasteiger charge is 2.03. The molecular formula is C15H15ClN2O. The zero-order valence-corrected chi connectivity index (χ0v) is 11.6. The van der Waals surface area contributed by atoms with Gasteiger partial charge in [-0.2, -0.15) is 0 Å². The molecular weight excluding hydrogens is 260 g/mol. The van der Waals surface area contributed by atoms with Gasteiger partial charge in [-0.25, -0.2) is 0 Å². The maximum absolute atomic E-state index is 5.85. The summed E-state index contributed by atoms with van der Waals surface area (Å²) in [6.07, 6.45) is 0. The third kappa shape index (κ3) is 3.73. The highest BCUT2D eigenvalue weighted by Crippen LogP contribution is 2.12. The molecule has 0 heterocycles. The molecule has 0 saturated carbocycles. The van der Waals surface area contributed by atoms with Crippen LogP contribution < -0.4 is 5.43 Å². The van der Waals surface area contributed by atoms with E-state index >= 15 is 0 Å². The summed E-state index contributed by atoms with van der Waals surface area (Å²) in [5, 5.41) is 4.93. The third-order valence-electron chi connectivity index (χ3n) is 2.62. The fraction of sp³-hybridized carbons (Fsp3) is 0.133. The molecule has 0 saturated heterocycles. The minimum Gasteiger partial charge on any atom is -0.480 e. The number of nitrogens with zero attached hydrogens (tertiary/aromatic N) is 1. The van der Waals surface area contributed by atoms with Gasteiger partial charge in [-0.15, -0.1) is 5.10 Å². The number of aryl methyl sites for hydroxylation is 1. The van der Waals surface area contributed by atoms with Crippen molar-refractivity contribution in [1.29, 1.82) is 0 Å². The first-order chi connectivity index (χ1) is 9.19. The van der Waals surface area contributed by atoms with E-state index in [1.54, 1.807) is 19.2 Å². The van der Waals surface area contributed by atoms with E-state index in [0.29, 0.717) is 10.9 Å². The Labute approximate surface area is 117 Å². The monoisotopic (exact) mass is 274 g/mol. The third-order valence-corrected chi connectivity index (χ3v) is 2.87. The first-order valence-corrected chi connectivity index (χ1v) is 6.27. The summed E-state index contributed by atoms with van der Waals surface area (Å²) in [4.78, 5) is 0. The number of rotatable bonds is 3. The van der Waals surface area contributed by atoms with Crippen molar-refractivity contribution in [3.63, 3.8) is 0 Å². The van der Waals surface area contributed by atoms with Crippen molar-refractivity contribution in [3.8, 4) is 0 Å². The van der Waals surface area contributed by atoms with Crippen LogP contribution in [-0.4, -0.2) is 13.0 Å². The molecule has 1 N–H and O–H groups in total. The summed E-state index contributed by atoms with van der Waals surface area (Å²) in [5.74, 6) is 0.511. The quantitative estimate of drug-likeness (QED) is 0.520. The Kier molecular flexibility index (Phi) is 4.42. The van der Waals surface area contributed by atoms with Crippen LogP contribution in [0.4, 0.5) is 5.69 Å². The van der Waals surface area contributed by atoms with Crippen LogP contribution >= 0.6 is 11.6 Å². The van der Waals surface area contributed by atoms with Gasteiger partial charge in [0.1, 0.15) is 0 Å². The highest BCUT2D eigenvalue weighted by molar-refractivity contribution is 6.30. The minimum atomic E-state index is 0.511. The van der Waals surface area contributed by atoms with Crippen molar-refractivity contribution in [2.45, 2.75) is 6.92 Å². The van der Waals surface area contributed by atoms with Gasteiger partial charge in [0, 0.05) is 10.6 Å². The molecule has 3 nitrogen and oxygen atoms in total. The van der Waals surface area contributed by atoms with Crippen molar-refractivity contribution in [1.82, 2.24) is 0 Å². The van der Waals surface area contributed by atoms with Gasteiger partial charge >= 0.3 is 0 Å². The summed E-state index contributed by atoms with van der Waals surface area (Å²) >= 11 is 5.85. The van der Waals surface area contributed by atoms with Gasteiger partial charge in [-0.05, 0) is 43.3 Å². The number of benzene rings is 2. The molecule has 0 aliphatic rings. The molecule has 0 aromatic heterocycles. The summed E-state index contributed by atoms with van der Waals surface area (Å²) < 4.78 is 5.27. The number of ether oxygens (including phenoxy) is 1. The van der Waals surface area contributed by atoms with E-state index in [4.69, 9.17) is 16.3 Å².